The molecule has 0 aromatic heterocycles. The summed E-state index contributed by atoms with van der Waals surface area (Å²) in [6.07, 6.45) is -4.94. The fourth-order valence-corrected chi connectivity index (χ4v) is 1.73. The van der Waals surface area contributed by atoms with Gasteiger partial charge in [-0.2, -0.15) is 13.2 Å². The van der Waals surface area contributed by atoms with Gasteiger partial charge < -0.3 is 5.73 Å². The number of primary amides is 1. The number of halogens is 4. The van der Waals surface area contributed by atoms with Crippen molar-refractivity contribution >= 4 is 27.5 Å². The highest BCUT2D eigenvalue weighted by atomic mass is 79.9. The van der Waals surface area contributed by atoms with E-state index in [4.69, 9.17) is 5.73 Å². The molecule has 17 heavy (non-hydrogen) atoms. The molecule has 92 valence electrons. The first-order chi connectivity index (χ1) is 7.66. The predicted octanol–water partition coefficient (Wildman–Crippen LogP) is 2.48. The second-order valence-corrected chi connectivity index (χ2v) is 3.79. The Morgan fingerprint density at radius 3 is 2.29 bits per heavy atom. The van der Waals surface area contributed by atoms with E-state index in [9.17, 15) is 28.1 Å². The van der Waals surface area contributed by atoms with Crippen LogP contribution in [0.4, 0.5) is 18.9 Å². The largest absolute Gasteiger partial charge is 0.423 e. The van der Waals surface area contributed by atoms with E-state index in [0.29, 0.717) is 6.07 Å². The lowest BCUT2D eigenvalue weighted by Crippen LogP contribution is -2.18. The van der Waals surface area contributed by atoms with E-state index in [1.165, 1.54) is 0 Å². The molecule has 0 atom stereocenters. The van der Waals surface area contributed by atoms with Crippen molar-refractivity contribution in [1.82, 2.24) is 0 Å². The van der Waals surface area contributed by atoms with Gasteiger partial charge in [0, 0.05) is 4.47 Å². The van der Waals surface area contributed by atoms with Crippen molar-refractivity contribution in [3.63, 3.8) is 0 Å². The maximum atomic E-state index is 12.5. The van der Waals surface area contributed by atoms with Crippen molar-refractivity contribution in [2.45, 2.75) is 6.18 Å². The smallest absolute Gasteiger partial charge is 0.365 e. The van der Waals surface area contributed by atoms with Crippen LogP contribution in [-0.4, -0.2) is 10.8 Å². The van der Waals surface area contributed by atoms with Crippen LogP contribution in [0.5, 0.6) is 0 Å². The summed E-state index contributed by atoms with van der Waals surface area (Å²) in [6.45, 7) is 0. The average molecular weight is 313 g/mol. The van der Waals surface area contributed by atoms with Gasteiger partial charge >= 0.3 is 6.18 Å². The van der Waals surface area contributed by atoms with Crippen LogP contribution in [0, 0.1) is 10.1 Å². The molecule has 1 rings (SSSR count). The Morgan fingerprint density at radius 1 is 1.41 bits per heavy atom. The van der Waals surface area contributed by atoms with Crippen molar-refractivity contribution in [1.29, 1.82) is 0 Å². The monoisotopic (exact) mass is 312 g/mol. The van der Waals surface area contributed by atoms with E-state index in [2.05, 4.69) is 15.9 Å². The van der Waals surface area contributed by atoms with Crippen LogP contribution in [0.1, 0.15) is 15.9 Å². The predicted molar refractivity (Wildman–Crippen MR) is 54.3 cm³/mol. The number of carbonyl (C=O) groups is 1. The molecule has 0 heterocycles. The lowest BCUT2D eigenvalue weighted by Gasteiger charge is -2.10. The zero-order chi connectivity index (χ0) is 13.4. The molecule has 0 saturated heterocycles. The van der Waals surface area contributed by atoms with Gasteiger partial charge in [0.05, 0.1) is 4.92 Å². The number of benzene rings is 1. The van der Waals surface area contributed by atoms with Crippen LogP contribution < -0.4 is 5.73 Å². The number of nitro benzene ring substituents is 1. The van der Waals surface area contributed by atoms with Crippen LogP contribution in [0.3, 0.4) is 0 Å². The van der Waals surface area contributed by atoms with E-state index < -0.39 is 33.8 Å². The van der Waals surface area contributed by atoms with E-state index in [1.807, 2.05) is 0 Å². The topological polar surface area (TPSA) is 86.2 Å². The second kappa shape index (κ2) is 4.32. The third kappa shape index (κ3) is 2.54. The van der Waals surface area contributed by atoms with Gasteiger partial charge in [-0.3, -0.25) is 14.9 Å². The van der Waals surface area contributed by atoms with E-state index in [0.717, 1.165) is 6.07 Å². The molecule has 1 aromatic rings. The number of nitro groups is 1. The maximum absolute atomic E-state index is 12.5. The Bertz CT molecular complexity index is 502. The van der Waals surface area contributed by atoms with Gasteiger partial charge in [0.2, 0.25) is 0 Å². The number of hydrogen-bond donors (Lipinski definition) is 1. The summed E-state index contributed by atoms with van der Waals surface area (Å²) >= 11 is 2.74. The van der Waals surface area contributed by atoms with Gasteiger partial charge in [-0.25, -0.2) is 0 Å². The number of rotatable bonds is 2. The molecule has 2 N–H and O–H groups in total. The molecule has 0 unspecified atom stereocenters. The van der Waals surface area contributed by atoms with E-state index in [1.54, 1.807) is 0 Å². The molecule has 1 amide bonds. The molecule has 0 bridgehead atoms. The van der Waals surface area contributed by atoms with Gasteiger partial charge in [0.15, 0.2) is 0 Å². The minimum absolute atomic E-state index is 0.162. The summed E-state index contributed by atoms with van der Waals surface area (Å²) in [6, 6.07) is 1.39. The molecule has 0 saturated carbocycles. The quantitative estimate of drug-likeness (QED) is 0.672. The number of alkyl halides is 3. The SMILES string of the molecule is NC(=O)c1c(Br)ccc(C(F)(F)F)c1[N+](=O)[O-]. The molecule has 0 aliphatic heterocycles. The highest BCUT2D eigenvalue weighted by Crippen LogP contribution is 2.40. The van der Waals surface area contributed by atoms with Crippen molar-refractivity contribution in [3.05, 3.63) is 37.8 Å². The Hall–Kier alpha value is -1.64. The van der Waals surface area contributed by atoms with Gasteiger partial charge in [-0.05, 0) is 28.1 Å². The first-order valence-corrected chi connectivity index (χ1v) is 4.79. The third-order valence-electron chi connectivity index (χ3n) is 1.86. The van der Waals surface area contributed by atoms with Gasteiger partial charge in [-0.15, -0.1) is 0 Å². The molecular weight excluding hydrogens is 309 g/mol. The molecule has 0 radical (unpaired) electrons. The minimum atomic E-state index is -4.94. The summed E-state index contributed by atoms with van der Waals surface area (Å²) in [4.78, 5) is 20.3. The second-order valence-electron chi connectivity index (χ2n) is 2.94. The zero-order valence-corrected chi connectivity index (χ0v) is 9.50. The number of hydrogen-bond acceptors (Lipinski definition) is 3. The molecular formula is C8H4BrF3N2O3. The van der Waals surface area contributed by atoms with Crippen molar-refractivity contribution in [2.24, 2.45) is 5.73 Å². The van der Waals surface area contributed by atoms with Crippen molar-refractivity contribution in [2.75, 3.05) is 0 Å². The first-order valence-electron chi connectivity index (χ1n) is 4.00. The molecule has 1 aromatic carbocycles. The van der Waals surface area contributed by atoms with Crippen LogP contribution >= 0.6 is 15.9 Å². The minimum Gasteiger partial charge on any atom is -0.365 e. The lowest BCUT2D eigenvalue weighted by atomic mass is 10.1. The third-order valence-corrected chi connectivity index (χ3v) is 2.52. The van der Waals surface area contributed by atoms with E-state index in [-0.39, 0.29) is 4.47 Å². The molecule has 0 aliphatic rings. The fourth-order valence-electron chi connectivity index (χ4n) is 1.22. The van der Waals surface area contributed by atoms with Crippen LogP contribution in [0.25, 0.3) is 0 Å². The average Bonchev–Trinajstić information content (AvgIpc) is 2.14. The van der Waals surface area contributed by atoms with Gasteiger partial charge in [-0.1, -0.05) is 0 Å². The number of carbonyl (C=O) groups excluding carboxylic acids is 1. The summed E-state index contributed by atoms with van der Waals surface area (Å²) in [7, 11) is 0. The van der Waals surface area contributed by atoms with Crippen LogP contribution in [0.2, 0.25) is 0 Å². The Balaban J connectivity index is 3.72. The van der Waals surface area contributed by atoms with Gasteiger partial charge in [0.25, 0.3) is 11.6 Å². The van der Waals surface area contributed by atoms with Crippen molar-refractivity contribution < 1.29 is 22.9 Å². The molecule has 9 heteroatoms. The maximum Gasteiger partial charge on any atom is 0.423 e. The summed E-state index contributed by atoms with van der Waals surface area (Å²) < 4.78 is 37.4. The number of nitrogens with zero attached hydrogens (tertiary/aromatic N) is 1. The highest BCUT2D eigenvalue weighted by molar-refractivity contribution is 9.10. The van der Waals surface area contributed by atoms with E-state index >= 15 is 0 Å². The summed E-state index contributed by atoms with van der Waals surface area (Å²) in [5.74, 6) is -1.31. The Kier molecular flexibility index (Phi) is 3.41. The normalized spacial score (nSPS) is 11.3. The zero-order valence-electron chi connectivity index (χ0n) is 7.92. The van der Waals surface area contributed by atoms with Crippen LogP contribution in [-0.2, 0) is 6.18 Å². The molecule has 0 aliphatic carbocycles. The summed E-state index contributed by atoms with van der Waals surface area (Å²) in [5.41, 5.74) is 1.16. The van der Waals surface area contributed by atoms with Gasteiger partial charge in [0.1, 0.15) is 11.1 Å². The van der Waals surface area contributed by atoms with Crippen LogP contribution in [0.15, 0.2) is 16.6 Å². The molecule has 5 nitrogen and oxygen atoms in total. The molecule has 0 spiro atoms. The fraction of sp³-hybridized carbons (Fsp3) is 0.125. The first kappa shape index (κ1) is 13.4. The van der Waals surface area contributed by atoms with Crippen molar-refractivity contribution in [3.8, 4) is 0 Å². The Labute approximate surface area is 101 Å². The molecule has 0 fully saturated rings. The Morgan fingerprint density at radius 2 is 1.94 bits per heavy atom. The highest BCUT2D eigenvalue weighted by Gasteiger charge is 2.41. The summed E-state index contributed by atoms with van der Waals surface area (Å²) in [5, 5.41) is 10.6. The number of nitrogens with two attached hydrogens (primary N) is 1. The number of amides is 1. The standard InChI is InChI=1S/C8H4BrF3N2O3/c9-4-2-1-3(8(10,11)12)6(14(16)17)5(4)7(13)15/h1-2H,(H2,13,15). The lowest BCUT2D eigenvalue weighted by molar-refractivity contribution is -0.388.